The lowest BCUT2D eigenvalue weighted by Crippen LogP contribution is -1.92. The normalized spacial score (nSPS) is 11.3. The number of rotatable bonds is 3. The molecule has 0 aliphatic carbocycles. The van der Waals surface area contributed by atoms with Crippen LogP contribution in [0.25, 0.3) is 81.3 Å². The highest BCUT2D eigenvalue weighted by atomic mass is 14.6. The van der Waals surface area contributed by atoms with Gasteiger partial charge in [0.25, 0.3) is 0 Å². The Kier molecular flexibility index (Phi) is 5.59. The molecule has 194 valence electrons. The van der Waals surface area contributed by atoms with Crippen LogP contribution in [-0.4, -0.2) is 0 Å². The summed E-state index contributed by atoms with van der Waals surface area (Å²) >= 11 is 0. The molecule has 8 rings (SSSR count). The summed E-state index contributed by atoms with van der Waals surface area (Å²) in [6, 6.07) is 54.3. The Morgan fingerprint density at radius 1 is 0.333 bits per heavy atom. The van der Waals surface area contributed by atoms with Crippen molar-refractivity contribution in [2.75, 3.05) is 0 Å². The van der Waals surface area contributed by atoms with Gasteiger partial charge >= 0.3 is 0 Å². The Morgan fingerprint density at radius 3 is 1.67 bits per heavy atom. The van der Waals surface area contributed by atoms with Crippen molar-refractivity contribution < 1.29 is 0 Å². The molecular formula is C41H25N. The third-order valence-electron chi connectivity index (χ3n) is 8.41. The molecule has 0 atom stereocenters. The molecular weight excluding hydrogens is 506 g/mol. The highest BCUT2D eigenvalue weighted by Gasteiger charge is 2.18. The predicted octanol–water partition coefficient (Wildman–Crippen LogP) is 11.9. The lowest BCUT2D eigenvalue weighted by Gasteiger charge is -2.19. The summed E-state index contributed by atoms with van der Waals surface area (Å²) in [6.07, 6.45) is 0. The Hall–Kier alpha value is -5.71. The van der Waals surface area contributed by atoms with E-state index in [1.807, 2.05) is 18.2 Å². The number of hydrogen-bond acceptors (Lipinski definition) is 0. The number of fused-ring (bicyclic) bond motifs is 4. The first-order valence-electron chi connectivity index (χ1n) is 14.2. The van der Waals surface area contributed by atoms with Crippen molar-refractivity contribution in [3.05, 3.63) is 163 Å². The fourth-order valence-electron chi connectivity index (χ4n) is 6.41. The van der Waals surface area contributed by atoms with Crippen LogP contribution < -0.4 is 0 Å². The molecule has 8 aromatic rings. The average molecular weight is 532 g/mol. The van der Waals surface area contributed by atoms with Gasteiger partial charge in [0.15, 0.2) is 5.69 Å². The van der Waals surface area contributed by atoms with E-state index in [0.29, 0.717) is 5.69 Å². The minimum absolute atomic E-state index is 0.661. The second-order valence-electron chi connectivity index (χ2n) is 10.8. The van der Waals surface area contributed by atoms with Crippen LogP contribution in [0.2, 0.25) is 0 Å². The van der Waals surface area contributed by atoms with Gasteiger partial charge < -0.3 is 0 Å². The SMILES string of the molecule is [C-]#[N+]c1ccc2ccc(-c3c4ccccc4c(-c4ccccc4)c4cc(-c5ccc6ccccc6c5)ccc34)cc2c1. The lowest BCUT2D eigenvalue weighted by molar-refractivity contribution is 1.65. The molecule has 0 saturated carbocycles. The minimum Gasteiger partial charge on any atom is -0.238 e. The largest absolute Gasteiger partial charge is 0.238 e. The molecule has 1 heteroatoms. The molecule has 8 aromatic carbocycles. The van der Waals surface area contributed by atoms with Crippen molar-refractivity contribution in [2.24, 2.45) is 0 Å². The summed E-state index contributed by atoms with van der Waals surface area (Å²) in [5.41, 5.74) is 7.91. The van der Waals surface area contributed by atoms with Crippen molar-refractivity contribution in [2.45, 2.75) is 0 Å². The number of benzene rings is 8. The molecule has 1 nitrogen and oxygen atoms in total. The molecule has 42 heavy (non-hydrogen) atoms. The smallest absolute Gasteiger partial charge is 0.187 e. The molecule has 0 saturated heterocycles. The Balaban J connectivity index is 1.47. The van der Waals surface area contributed by atoms with E-state index in [0.717, 1.165) is 16.3 Å². The molecule has 0 N–H and O–H groups in total. The third kappa shape index (κ3) is 3.93. The van der Waals surface area contributed by atoms with Gasteiger partial charge in [-0.1, -0.05) is 127 Å². The van der Waals surface area contributed by atoms with Crippen LogP contribution in [0.5, 0.6) is 0 Å². The van der Waals surface area contributed by atoms with Crippen LogP contribution >= 0.6 is 0 Å². The van der Waals surface area contributed by atoms with Gasteiger partial charge in [0.2, 0.25) is 0 Å². The Morgan fingerprint density at radius 2 is 0.881 bits per heavy atom. The standard InChI is InChI=1S/C41H25N/c1-42-35-21-19-28-16-18-33(24-34(28)25-35)41-37-14-8-7-13-36(37)40(29-10-3-2-4-11-29)39-26-32(20-22-38(39)41)31-17-15-27-9-5-6-12-30(27)23-31/h2-26H. The molecule has 0 spiro atoms. The van der Waals surface area contributed by atoms with Crippen LogP contribution in [0.15, 0.2) is 152 Å². The molecule has 0 bridgehead atoms. The van der Waals surface area contributed by atoms with Crippen LogP contribution in [-0.2, 0) is 0 Å². The van der Waals surface area contributed by atoms with Crippen molar-refractivity contribution >= 4 is 48.8 Å². The molecule has 0 aromatic heterocycles. The first-order valence-corrected chi connectivity index (χ1v) is 14.2. The van der Waals surface area contributed by atoms with E-state index in [1.54, 1.807) is 0 Å². The van der Waals surface area contributed by atoms with Gasteiger partial charge in [-0.15, -0.1) is 0 Å². The predicted molar refractivity (Wildman–Crippen MR) is 179 cm³/mol. The van der Waals surface area contributed by atoms with E-state index in [1.165, 1.54) is 60.1 Å². The van der Waals surface area contributed by atoms with Gasteiger partial charge in [0.05, 0.1) is 6.57 Å². The summed E-state index contributed by atoms with van der Waals surface area (Å²) in [5.74, 6) is 0. The average Bonchev–Trinajstić information content (AvgIpc) is 3.06. The van der Waals surface area contributed by atoms with Gasteiger partial charge in [0, 0.05) is 0 Å². The first-order chi connectivity index (χ1) is 20.8. The van der Waals surface area contributed by atoms with Gasteiger partial charge in [-0.2, -0.15) is 0 Å². The monoisotopic (exact) mass is 531 g/mol. The van der Waals surface area contributed by atoms with Crippen LogP contribution in [0.3, 0.4) is 0 Å². The summed E-state index contributed by atoms with van der Waals surface area (Å²) in [5, 5.41) is 9.62. The summed E-state index contributed by atoms with van der Waals surface area (Å²) < 4.78 is 0. The van der Waals surface area contributed by atoms with Gasteiger partial charge in [-0.25, -0.2) is 4.85 Å². The van der Waals surface area contributed by atoms with Crippen molar-refractivity contribution in [3.63, 3.8) is 0 Å². The van der Waals surface area contributed by atoms with Crippen LogP contribution in [0, 0.1) is 6.57 Å². The van der Waals surface area contributed by atoms with Crippen molar-refractivity contribution in [3.8, 4) is 33.4 Å². The van der Waals surface area contributed by atoms with Gasteiger partial charge in [-0.05, 0) is 101 Å². The van der Waals surface area contributed by atoms with E-state index in [2.05, 4.69) is 138 Å². The van der Waals surface area contributed by atoms with Crippen LogP contribution in [0.4, 0.5) is 5.69 Å². The van der Waals surface area contributed by atoms with E-state index < -0.39 is 0 Å². The highest BCUT2D eigenvalue weighted by molar-refractivity contribution is 6.22. The van der Waals surface area contributed by atoms with E-state index in [9.17, 15) is 0 Å². The van der Waals surface area contributed by atoms with E-state index in [4.69, 9.17) is 6.57 Å². The Bertz CT molecular complexity index is 2360. The summed E-state index contributed by atoms with van der Waals surface area (Å²) in [4.78, 5) is 3.68. The first kappa shape index (κ1) is 24.1. The maximum absolute atomic E-state index is 7.52. The van der Waals surface area contributed by atoms with Crippen molar-refractivity contribution in [1.82, 2.24) is 0 Å². The number of hydrogen-bond donors (Lipinski definition) is 0. The van der Waals surface area contributed by atoms with E-state index in [-0.39, 0.29) is 0 Å². The molecule has 0 aliphatic heterocycles. The zero-order chi connectivity index (χ0) is 28.0. The second-order valence-corrected chi connectivity index (χ2v) is 10.8. The van der Waals surface area contributed by atoms with Crippen LogP contribution in [0.1, 0.15) is 0 Å². The third-order valence-corrected chi connectivity index (χ3v) is 8.41. The second kappa shape index (κ2) is 9.73. The fraction of sp³-hybridized carbons (Fsp3) is 0. The van der Waals surface area contributed by atoms with Gasteiger partial charge in [-0.3, -0.25) is 0 Å². The maximum Gasteiger partial charge on any atom is 0.187 e. The number of nitrogens with zero attached hydrogens (tertiary/aromatic N) is 1. The van der Waals surface area contributed by atoms with Crippen molar-refractivity contribution in [1.29, 1.82) is 0 Å². The molecule has 0 amide bonds. The lowest BCUT2D eigenvalue weighted by atomic mass is 9.84. The Labute approximate surface area is 244 Å². The topological polar surface area (TPSA) is 4.36 Å². The molecule has 0 unspecified atom stereocenters. The molecule has 0 heterocycles. The molecule has 0 radical (unpaired) electrons. The summed E-state index contributed by atoms with van der Waals surface area (Å²) in [7, 11) is 0. The zero-order valence-electron chi connectivity index (χ0n) is 22.9. The molecule has 0 fully saturated rings. The molecule has 0 aliphatic rings. The maximum atomic E-state index is 7.52. The quantitative estimate of drug-likeness (QED) is 0.158. The van der Waals surface area contributed by atoms with E-state index >= 15 is 0 Å². The fourth-order valence-corrected chi connectivity index (χ4v) is 6.41. The zero-order valence-corrected chi connectivity index (χ0v) is 22.9. The highest BCUT2D eigenvalue weighted by Crippen LogP contribution is 2.45. The minimum atomic E-state index is 0.661. The van der Waals surface area contributed by atoms with Gasteiger partial charge in [0.1, 0.15) is 0 Å². The summed E-state index contributed by atoms with van der Waals surface area (Å²) in [6.45, 7) is 7.52.